The number of nitrogens with zero attached hydrogens (tertiary/aromatic N) is 2. The number of anilines is 1. The van der Waals surface area contributed by atoms with Crippen molar-refractivity contribution in [2.75, 3.05) is 31.2 Å². The number of hydrogen-bond donors (Lipinski definition) is 0. The van der Waals surface area contributed by atoms with Crippen LogP contribution in [0.5, 0.6) is 5.75 Å². The van der Waals surface area contributed by atoms with Gasteiger partial charge in [-0.15, -0.1) is 0 Å². The fourth-order valence-corrected chi connectivity index (χ4v) is 5.12. The quantitative estimate of drug-likeness (QED) is 0.151. The minimum Gasteiger partial charge on any atom is -0.490 e. The summed E-state index contributed by atoms with van der Waals surface area (Å²) in [6.07, 6.45) is 2.71. The lowest BCUT2D eigenvalue weighted by Crippen LogP contribution is -2.38. The van der Waals surface area contributed by atoms with Gasteiger partial charge >= 0.3 is 5.97 Å². The maximum Gasteiger partial charge on any atom is 0.310 e. The van der Waals surface area contributed by atoms with Crippen LogP contribution in [-0.2, 0) is 22.4 Å². The molecule has 2 aromatic carbocycles. The Labute approximate surface area is 238 Å². The van der Waals surface area contributed by atoms with Gasteiger partial charge in [0, 0.05) is 30.6 Å². The molecule has 212 valence electrons. The Balaban J connectivity index is 1.71. The molecule has 0 bridgehead atoms. The van der Waals surface area contributed by atoms with E-state index in [1.165, 1.54) is 24.3 Å². The van der Waals surface area contributed by atoms with Crippen LogP contribution in [-0.4, -0.2) is 43.5 Å². The molecule has 2 heterocycles. The van der Waals surface area contributed by atoms with E-state index in [2.05, 4.69) is 23.7 Å². The summed E-state index contributed by atoms with van der Waals surface area (Å²) in [7, 11) is 0. The Morgan fingerprint density at radius 2 is 1.82 bits per heavy atom. The first-order valence-electron chi connectivity index (χ1n) is 13.4. The molecule has 1 aliphatic heterocycles. The smallest absolute Gasteiger partial charge is 0.310 e. The highest BCUT2D eigenvalue weighted by atomic mass is 35.5. The lowest BCUT2D eigenvalue weighted by atomic mass is 9.82. The highest BCUT2D eigenvalue weighted by molar-refractivity contribution is 6.31. The van der Waals surface area contributed by atoms with Crippen molar-refractivity contribution in [3.8, 4) is 16.9 Å². The lowest BCUT2D eigenvalue weighted by molar-refractivity contribution is -0.142. The van der Waals surface area contributed by atoms with Crippen LogP contribution in [0.15, 0.2) is 42.5 Å². The number of piperidine rings is 1. The van der Waals surface area contributed by atoms with E-state index in [1.807, 2.05) is 0 Å². The average molecular weight is 571 g/mol. The third-order valence-corrected chi connectivity index (χ3v) is 7.51. The van der Waals surface area contributed by atoms with Crippen molar-refractivity contribution < 1.29 is 27.8 Å². The van der Waals surface area contributed by atoms with Crippen LogP contribution in [0.1, 0.15) is 55.2 Å². The molecule has 0 N–H and O–H groups in total. The Kier molecular flexibility index (Phi) is 9.40. The Morgan fingerprint density at radius 1 is 1.12 bits per heavy atom. The summed E-state index contributed by atoms with van der Waals surface area (Å²) in [6.45, 7) is 7.87. The van der Waals surface area contributed by atoms with E-state index in [0.717, 1.165) is 18.4 Å². The second kappa shape index (κ2) is 12.8. The van der Waals surface area contributed by atoms with E-state index in [9.17, 15) is 14.0 Å². The van der Waals surface area contributed by atoms with E-state index < -0.39 is 11.8 Å². The third-order valence-electron chi connectivity index (χ3n) is 7.20. The number of carbonyl (C=O) groups excluding carboxylic acids is 2. The van der Waals surface area contributed by atoms with E-state index >= 15 is 4.39 Å². The van der Waals surface area contributed by atoms with Crippen molar-refractivity contribution in [2.45, 2.75) is 46.5 Å². The second-order valence-corrected chi connectivity index (χ2v) is 11.0. The molecule has 0 atom stereocenters. The molecule has 0 saturated carbocycles. The molecule has 6 nitrogen and oxygen atoms in total. The molecule has 1 fully saturated rings. The number of ether oxygens (including phenoxy) is 2. The SMILES string of the molecule is CCOC(=O)Cc1c(Cl)nc(C=O)c(-c2ccc(OCCc3ccc(F)cc3)c(F)c2)c1N1CCC(C)(C)CC1. The van der Waals surface area contributed by atoms with Crippen molar-refractivity contribution in [1.82, 2.24) is 4.98 Å². The van der Waals surface area contributed by atoms with Crippen molar-refractivity contribution in [2.24, 2.45) is 5.41 Å². The van der Waals surface area contributed by atoms with Crippen molar-refractivity contribution >= 4 is 29.5 Å². The first-order valence-corrected chi connectivity index (χ1v) is 13.7. The van der Waals surface area contributed by atoms with Crippen LogP contribution < -0.4 is 9.64 Å². The zero-order valence-electron chi connectivity index (χ0n) is 22.9. The molecule has 1 aliphatic rings. The summed E-state index contributed by atoms with van der Waals surface area (Å²) in [5.41, 5.74) is 2.93. The van der Waals surface area contributed by atoms with Crippen molar-refractivity contribution in [1.29, 1.82) is 0 Å². The number of benzene rings is 2. The number of hydrogen-bond acceptors (Lipinski definition) is 6. The average Bonchev–Trinajstić information content (AvgIpc) is 2.92. The minimum absolute atomic E-state index is 0.0416. The van der Waals surface area contributed by atoms with E-state index in [0.29, 0.717) is 48.2 Å². The largest absolute Gasteiger partial charge is 0.490 e. The second-order valence-electron chi connectivity index (χ2n) is 10.6. The Bertz CT molecular complexity index is 1370. The number of pyridine rings is 1. The first-order chi connectivity index (χ1) is 19.1. The van der Waals surface area contributed by atoms with Crippen LogP contribution in [0.2, 0.25) is 5.15 Å². The summed E-state index contributed by atoms with van der Waals surface area (Å²) in [5, 5.41) is 0.0416. The summed E-state index contributed by atoms with van der Waals surface area (Å²) in [5.74, 6) is -1.35. The standard InChI is InChI=1S/C31H33ClF2N2O4/c1-4-39-27(38)18-23-29(36-14-12-31(2,3)13-15-36)28(25(19-37)35-30(23)32)21-7-10-26(24(34)17-21)40-16-11-20-5-8-22(33)9-6-20/h5-10,17,19H,4,11-16,18H2,1-3H3. The molecule has 0 unspecified atom stereocenters. The van der Waals surface area contributed by atoms with Crippen LogP contribution in [0, 0.1) is 17.0 Å². The van der Waals surface area contributed by atoms with Gasteiger partial charge in [0.05, 0.1) is 25.3 Å². The molecule has 40 heavy (non-hydrogen) atoms. The number of halogens is 3. The maximum atomic E-state index is 15.3. The van der Waals surface area contributed by atoms with Crippen LogP contribution >= 0.6 is 11.6 Å². The first kappa shape index (κ1) is 29.5. The summed E-state index contributed by atoms with van der Waals surface area (Å²) in [6, 6.07) is 10.5. The molecular formula is C31H33ClF2N2O4. The predicted molar refractivity (Wildman–Crippen MR) is 151 cm³/mol. The Morgan fingerprint density at radius 3 is 2.45 bits per heavy atom. The number of rotatable bonds is 10. The van der Waals surface area contributed by atoms with Gasteiger partial charge in [-0.3, -0.25) is 9.59 Å². The lowest BCUT2D eigenvalue weighted by Gasteiger charge is -2.40. The maximum absolute atomic E-state index is 15.3. The van der Waals surface area contributed by atoms with Crippen LogP contribution in [0.25, 0.3) is 11.1 Å². The highest BCUT2D eigenvalue weighted by Gasteiger charge is 2.31. The summed E-state index contributed by atoms with van der Waals surface area (Å²) in [4.78, 5) is 31.1. The van der Waals surface area contributed by atoms with Gasteiger partial charge in [0.1, 0.15) is 16.7 Å². The summed E-state index contributed by atoms with van der Waals surface area (Å²) >= 11 is 6.55. The number of aldehydes is 1. The molecule has 4 rings (SSSR count). The molecular weight excluding hydrogens is 538 g/mol. The van der Waals surface area contributed by atoms with Gasteiger partial charge in [0.25, 0.3) is 0 Å². The van der Waals surface area contributed by atoms with Crippen LogP contribution in [0.3, 0.4) is 0 Å². The Hall–Kier alpha value is -3.52. The predicted octanol–water partition coefficient (Wildman–Crippen LogP) is 6.85. The van der Waals surface area contributed by atoms with Gasteiger partial charge in [-0.1, -0.05) is 43.6 Å². The number of aromatic nitrogens is 1. The molecule has 9 heteroatoms. The van der Waals surface area contributed by atoms with Crippen LogP contribution in [0.4, 0.5) is 14.5 Å². The van der Waals surface area contributed by atoms with Crippen molar-refractivity contribution in [3.63, 3.8) is 0 Å². The topological polar surface area (TPSA) is 68.7 Å². The van der Waals surface area contributed by atoms with Gasteiger partial charge in [-0.2, -0.15) is 0 Å². The van der Waals surface area contributed by atoms with Crippen molar-refractivity contribution in [3.05, 3.63) is 76.1 Å². The number of esters is 1. The third kappa shape index (κ3) is 6.97. The minimum atomic E-state index is -0.610. The van der Waals surface area contributed by atoms with E-state index in [1.54, 1.807) is 25.1 Å². The van der Waals surface area contributed by atoms with Gasteiger partial charge in [-0.05, 0) is 60.6 Å². The molecule has 0 aliphatic carbocycles. The summed E-state index contributed by atoms with van der Waals surface area (Å²) < 4.78 is 39.3. The molecule has 1 aromatic heterocycles. The molecule has 0 amide bonds. The fraction of sp³-hybridized carbons (Fsp3) is 0.387. The number of carbonyl (C=O) groups is 2. The van der Waals surface area contributed by atoms with E-state index in [-0.39, 0.29) is 47.5 Å². The molecule has 0 radical (unpaired) electrons. The van der Waals surface area contributed by atoms with Gasteiger partial charge in [0.2, 0.25) is 0 Å². The van der Waals surface area contributed by atoms with Gasteiger partial charge < -0.3 is 14.4 Å². The van der Waals surface area contributed by atoms with Gasteiger partial charge in [-0.25, -0.2) is 13.8 Å². The fourth-order valence-electron chi connectivity index (χ4n) is 4.87. The normalized spacial score (nSPS) is 14.6. The van der Waals surface area contributed by atoms with E-state index in [4.69, 9.17) is 21.1 Å². The van der Waals surface area contributed by atoms with Gasteiger partial charge in [0.15, 0.2) is 17.9 Å². The molecule has 0 spiro atoms. The highest BCUT2D eigenvalue weighted by Crippen LogP contribution is 2.43. The molecule has 3 aromatic rings. The zero-order valence-corrected chi connectivity index (χ0v) is 23.7. The zero-order chi connectivity index (χ0) is 28.9. The molecule has 1 saturated heterocycles. The monoisotopic (exact) mass is 570 g/mol.